The zero-order chi connectivity index (χ0) is 22.9. The molecule has 0 radical (unpaired) electrons. The molecule has 0 aliphatic heterocycles. The number of ketones is 1. The predicted octanol–water partition coefficient (Wildman–Crippen LogP) is 2.75. The van der Waals surface area contributed by atoms with Gasteiger partial charge >= 0.3 is 11.7 Å². The molecule has 0 unspecified atom stereocenters. The molecule has 3 rings (SSSR count). The normalized spacial score (nSPS) is 11.0. The smallest absolute Gasteiger partial charge is 0.332 e. The fourth-order valence-electron chi connectivity index (χ4n) is 2.93. The molecule has 8 nitrogen and oxygen atoms in total. The number of esters is 1. The lowest BCUT2D eigenvalue weighted by atomic mass is 10.1. The van der Waals surface area contributed by atoms with Crippen molar-refractivity contribution in [2.45, 2.75) is 4.90 Å². The molecule has 0 aliphatic rings. The summed E-state index contributed by atoms with van der Waals surface area (Å²) in [4.78, 5) is 49.5. The number of aromatic nitrogens is 2. The fraction of sp³-hybridized carbons (Fsp3) is 0.200. The number of fused-ring (bicyclic) bond motifs is 1. The lowest BCUT2D eigenvalue weighted by molar-refractivity contribution is -0.139. The van der Waals surface area contributed by atoms with E-state index in [9.17, 15) is 19.2 Å². The fourth-order valence-corrected chi connectivity index (χ4v) is 4.61. The van der Waals surface area contributed by atoms with Gasteiger partial charge in [0.05, 0.1) is 5.75 Å². The number of carbonyl (C=O) groups excluding carboxylic acids is 2. The molecule has 0 saturated heterocycles. The van der Waals surface area contributed by atoms with Crippen molar-refractivity contribution < 1.29 is 14.3 Å². The molecular weight excluding hydrogens is 510 g/mol. The Morgan fingerprint density at radius 2 is 1.87 bits per heavy atom. The Balaban J connectivity index is 1.71. The molecule has 0 fully saturated rings. The van der Waals surface area contributed by atoms with Gasteiger partial charge in [0.15, 0.2) is 6.61 Å². The second-order valence-electron chi connectivity index (χ2n) is 6.55. The second kappa shape index (κ2) is 9.29. The van der Waals surface area contributed by atoms with Gasteiger partial charge in [0.1, 0.15) is 11.4 Å². The molecule has 3 aromatic rings. The lowest BCUT2D eigenvalue weighted by Crippen LogP contribution is -2.42. The van der Waals surface area contributed by atoms with Crippen molar-refractivity contribution in [1.82, 2.24) is 9.13 Å². The number of nitrogens with zero attached hydrogens (tertiary/aromatic N) is 2. The first-order valence-electron chi connectivity index (χ1n) is 8.87. The predicted molar refractivity (Wildman–Crippen MR) is 124 cm³/mol. The first-order valence-corrected chi connectivity index (χ1v) is 11.0. The van der Waals surface area contributed by atoms with Crippen LogP contribution in [0.5, 0.6) is 0 Å². The van der Waals surface area contributed by atoms with Crippen molar-refractivity contribution in [1.29, 1.82) is 0 Å². The van der Waals surface area contributed by atoms with Crippen LogP contribution in [-0.4, -0.2) is 33.2 Å². The quantitative estimate of drug-likeness (QED) is 0.298. The minimum atomic E-state index is -0.841. The van der Waals surface area contributed by atoms with Crippen molar-refractivity contribution in [3.8, 4) is 0 Å². The number of rotatable bonds is 6. The van der Waals surface area contributed by atoms with Crippen molar-refractivity contribution in [3.63, 3.8) is 0 Å². The first-order chi connectivity index (χ1) is 14.6. The number of anilines is 1. The summed E-state index contributed by atoms with van der Waals surface area (Å²) in [6.07, 6.45) is 0. The van der Waals surface area contributed by atoms with E-state index in [0.717, 1.165) is 29.3 Å². The van der Waals surface area contributed by atoms with E-state index >= 15 is 0 Å². The standard InChI is InChI=1S/C20H17BrClN3O5S/c1-24-18(23)17(19(28)25(2)20(24)29)13(26)8-30-15(27)9-31-14-7-6-11(21)10-4-3-5-12(22)16(10)14/h3-7H,8-9,23H2,1-2H3. The minimum absolute atomic E-state index is 0.0734. The third-order valence-electron chi connectivity index (χ3n) is 4.60. The third kappa shape index (κ3) is 4.56. The highest BCUT2D eigenvalue weighted by atomic mass is 79.9. The van der Waals surface area contributed by atoms with E-state index in [1.807, 2.05) is 24.3 Å². The van der Waals surface area contributed by atoms with Gasteiger partial charge in [0.25, 0.3) is 5.56 Å². The lowest BCUT2D eigenvalue weighted by Gasteiger charge is -2.11. The first kappa shape index (κ1) is 23.1. The summed E-state index contributed by atoms with van der Waals surface area (Å²) in [6.45, 7) is -0.668. The molecular formula is C20H17BrClN3O5S. The number of ether oxygens (including phenoxy) is 1. The van der Waals surface area contributed by atoms with Crippen LogP contribution in [0.25, 0.3) is 10.8 Å². The van der Waals surface area contributed by atoms with Gasteiger partial charge in [-0.2, -0.15) is 0 Å². The zero-order valence-electron chi connectivity index (χ0n) is 16.5. The van der Waals surface area contributed by atoms with Crippen LogP contribution >= 0.6 is 39.3 Å². The Labute approximate surface area is 194 Å². The summed E-state index contributed by atoms with van der Waals surface area (Å²) < 4.78 is 7.65. The number of Topliss-reactive ketones (excluding diaryl/α,β-unsaturated/α-hetero) is 1. The number of nitrogen functional groups attached to an aromatic ring is 1. The summed E-state index contributed by atoms with van der Waals surface area (Å²) >= 11 is 11.0. The Kier molecular flexibility index (Phi) is 6.93. The Morgan fingerprint density at radius 1 is 1.16 bits per heavy atom. The highest BCUT2D eigenvalue weighted by Gasteiger charge is 2.21. The minimum Gasteiger partial charge on any atom is -0.457 e. The SMILES string of the molecule is Cn1c(N)c(C(=O)COC(=O)CSc2ccc(Br)c3cccc(Cl)c23)c(=O)n(C)c1=O. The van der Waals surface area contributed by atoms with Gasteiger partial charge < -0.3 is 10.5 Å². The molecule has 31 heavy (non-hydrogen) atoms. The summed E-state index contributed by atoms with van der Waals surface area (Å²) in [5, 5.41) is 2.25. The summed E-state index contributed by atoms with van der Waals surface area (Å²) in [5.41, 5.74) is 3.85. The maximum atomic E-state index is 12.4. The zero-order valence-corrected chi connectivity index (χ0v) is 19.6. The molecule has 2 aromatic carbocycles. The number of hydrogen-bond acceptors (Lipinski definition) is 7. The number of nitrogens with two attached hydrogens (primary N) is 1. The molecule has 1 heterocycles. The molecule has 162 valence electrons. The maximum absolute atomic E-state index is 12.4. The van der Waals surface area contributed by atoms with Crippen LogP contribution in [0.15, 0.2) is 49.3 Å². The van der Waals surface area contributed by atoms with Crippen molar-refractivity contribution in [2.24, 2.45) is 14.1 Å². The molecule has 11 heteroatoms. The molecule has 0 aliphatic carbocycles. The topological polar surface area (TPSA) is 113 Å². The van der Waals surface area contributed by atoms with Gasteiger partial charge in [-0.25, -0.2) is 4.79 Å². The van der Waals surface area contributed by atoms with E-state index in [-0.39, 0.29) is 11.6 Å². The van der Waals surface area contributed by atoms with Crippen LogP contribution in [0, 0.1) is 0 Å². The highest BCUT2D eigenvalue weighted by Crippen LogP contribution is 2.37. The highest BCUT2D eigenvalue weighted by molar-refractivity contribution is 9.10. The summed E-state index contributed by atoms with van der Waals surface area (Å²) in [6, 6.07) is 9.18. The maximum Gasteiger partial charge on any atom is 0.332 e. The number of carbonyl (C=O) groups is 2. The van der Waals surface area contributed by atoms with Crippen LogP contribution in [0.1, 0.15) is 10.4 Å². The monoisotopic (exact) mass is 525 g/mol. The van der Waals surface area contributed by atoms with Gasteiger partial charge in [-0.05, 0) is 23.6 Å². The van der Waals surface area contributed by atoms with Gasteiger partial charge in [-0.3, -0.25) is 23.5 Å². The summed E-state index contributed by atoms with van der Waals surface area (Å²) in [7, 11) is 2.57. The van der Waals surface area contributed by atoms with E-state index < -0.39 is 35.2 Å². The summed E-state index contributed by atoms with van der Waals surface area (Å²) in [5.74, 6) is -1.79. The third-order valence-corrected chi connectivity index (χ3v) is 6.63. The van der Waals surface area contributed by atoms with E-state index in [2.05, 4.69) is 15.9 Å². The van der Waals surface area contributed by atoms with Gasteiger partial charge in [0.2, 0.25) is 5.78 Å². The van der Waals surface area contributed by atoms with Gasteiger partial charge in [-0.1, -0.05) is 39.7 Å². The molecule has 2 N–H and O–H groups in total. The van der Waals surface area contributed by atoms with Crippen LogP contribution < -0.4 is 17.0 Å². The molecule has 1 aromatic heterocycles. The van der Waals surface area contributed by atoms with Crippen molar-refractivity contribution in [2.75, 3.05) is 18.1 Å². The van der Waals surface area contributed by atoms with E-state index in [1.54, 1.807) is 6.07 Å². The number of benzene rings is 2. The molecule has 0 spiro atoms. The van der Waals surface area contributed by atoms with Gasteiger partial charge in [0, 0.05) is 33.9 Å². The van der Waals surface area contributed by atoms with Gasteiger partial charge in [-0.15, -0.1) is 11.8 Å². The molecule has 0 saturated carbocycles. The Hall–Kier alpha value is -2.56. The van der Waals surface area contributed by atoms with E-state index in [0.29, 0.717) is 5.02 Å². The van der Waals surface area contributed by atoms with Crippen LogP contribution in [0.4, 0.5) is 5.82 Å². The van der Waals surface area contributed by atoms with E-state index in [1.165, 1.54) is 25.9 Å². The number of hydrogen-bond donors (Lipinski definition) is 1. The van der Waals surface area contributed by atoms with Crippen LogP contribution in [0.2, 0.25) is 5.02 Å². The average molecular weight is 527 g/mol. The second-order valence-corrected chi connectivity index (χ2v) is 8.83. The van der Waals surface area contributed by atoms with Crippen molar-refractivity contribution in [3.05, 3.63) is 66.2 Å². The van der Waals surface area contributed by atoms with Crippen molar-refractivity contribution >= 4 is 67.6 Å². The molecule has 0 atom stereocenters. The van der Waals surface area contributed by atoms with E-state index in [4.69, 9.17) is 22.1 Å². The Bertz CT molecular complexity index is 1340. The molecule has 0 bridgehead atoms. The molecule has 0 amide bonds. The Morgan fingerprint density at radius 3 is 2.58 bits per heavy atom. The van der Waals surface area contributed by atoms with Crippen LogP contribution in [-0.2, 0) is 23.6 Å². The largest absolute Gasteiger partial charge is 0.457 e. The van der Waals surface area contributed by atoms with Crippen LogP contribution in [0.3, 0.4) is 0 Å². The number of halogens is 2. The average Bonchev–Trinajstić information content (AvgIpc) is 2.75. The number of thioether (sulfide) groups is 1.